The zero-order valence-corrected chi connectivity index (χ0v) is 18.6. The molecule has 10 heteroatoms. The number of amides is 3. The SMILES string of the molecule is CC(C)(C)OC(=O)N1CCN(Cc2cccc3c2oc(=O)n3C2CCC(=O)NC2=O)CC1. The fraction of sp³-hybridized carbons (Fsp3) is 0.545. The van der Waals surface area contributed by atoms with Gasteiger partial charge >= 0.3 is 11.8 Å². The van der Waals surface area contributed by atoms with Gasteiger partial charge in [-0.1, -0.05) is 12.1 Å². The first kappa shape index (κ1) is 22.1. The van der Waals surface area contributed by atoms with Gasteiger partial charge in [0.1, 0.15) is 11.6 Å². The highest BCUT2D eigenvalue weighted by Gasteiger charge is 2.32. The van der Waals surface area contributed by atoms with E-state index in [1.807, 2.05) is 32.9 Å². The summed E-state index contributed by atoms with van der Waals surface area (Å²) >= 11 is 0. The first-order valence-electron chi connectivity index (χ1n) is 10.8. The Hall–Kier alpha value is -3.14. The maximum Gasteiger partial charge on any atom is 0.420 e. The lowest BCUT2D eigenvalue weighted by Gasteiger charge is -2.35. The number of piperidine rings is 1. The van der Waals surface area contributed by atoms with E-state index in [9.17, 15) is 19.2 Å². The summed E-state index contributed by atoms with van der Waals surface area (Å²) in [7, 11) is 0. The number of ether oxygens (including phenoxy) is 1. The number of oxazole rings is 1. The summed E-state index contributed by atoms with van der Waals surface area (Å²) < 4.78 is 12.3. The van der Waals surface area contributed by atoms with Gasteiger partial charge in [0.25, 0.3) is 0 Å². The molecule has 1 N–H and O–H groups in total. The largest absolute Gasteiger partial charge is 0.444 e. The predicted octanol–water partition coefficient (Wildman–Crippen LogP) is 1.62. The van der Waals surface area contributed by atoms with Crippen LogP contribution in [0.1, 0.15) is 45.2 Å². The molecular weight excluding hydrogens is 416 g/mol. The lowest BCUT2D eigenvalue weighted by molar-refractivity contribution is -0.135. The number of fused-ring (bicyclic) bond motifs is 1. The number of carbonyl (C=O) groups excluding carboxylic acids is 3. The quantitative estimate of drug-likeness (QED) is 0.716. The van der Waals surface area contributed by atoms with Crippen LogP contribution in [0.4, 0.5) is 4.79 Å². The van der Waals surface area contributed by atoms with Crippen LogP contribution in [0.5, 0.6) is 0 Å². The molecule has 0 saturated carbocycles. The average molecular weight is 444 g/mol. The van der Waals surface area contributed by atoms with E-state index in [4.69, 9.17) is 9.15 Å². The zero-order valence-electron chi connectivity index (χ0n) is 18.6. The molecule has 1 aromatic heterocycles. The second-order valence-corrected chi connectivity index (χ2v) is 9.21. The summed E-state index contributed by atoms with van der Waals surface area (Å²) in [5.41, 5.74) is 1.28. The highest BCUT2D eigenvalue weighted by atomic mass is 16.6. The summed E-state index contributed by atoms with van der Waals surface area (Å²) in [5.74, 6) is -1.44. The molecule has 0 aliphatic carbocycles. The number of nitrogens with one attached hydrogen (secondary N) is 1. The molecule has 2 fully saturated rings. The molecule has 2 aromatic rings. The van der Waals surface area contributed by atoms with Crippen molar-refractivity contribution in [2.75, 3.05) is 26.2 Å². The van der Waals surface area contributed by atoms with Crippen molar-refractivity contribution in [2.45, 2.75) is 51.8 Å². The van der Waals surface area contributed by atoms with Gasteiger partial charge in [0.05, 0.1) is 5.52 Å². The van der Waals surface area contributed by atoms with Gasteiger partial charge in [-0.05, 0) is 33.3 Å². The van der Waals surface area contributed by atoms with E-state index in [1.54, 1.807) is 11.0 Å². The third-order valence-corrected chi connectivity index (χ3v) is 5.66. The number of benzene rings is 1. The molecule has 3 amide bonds. The monoisotopic (exact) mass is 444 g/mol. The molecule has 0 spiro atoms. The van der Waals surface area contributed by atoms with Crippen molar-refractivity contribution in [3.8, 4) is 0 Å². The molecule has 2 aliphatic rings. The fourth-order valence-electron chi connectivity index (χ4n) is 4.12. The van der Waals surface area contributed by atoms with Crippen LogP contribution in [-0.2, 0) is 20.9 Å². The van der Waals surface area contributed by atoms with Crippen LogP contribution in [0, 0.1) is 0 Å². The van der Waals surface area contributed by atoms with Crippen molar-refractivity contribution in [1.82, 2.24) is 19.7 Å². The Balaban J connectivity index is 1.48. The second-order valence-electron chi connectivity index (χ2n) is 9.21. The van der Waals surface area contributed by atoms with E-state index in [2.05, 4.69) is 10.2 Å². The van der Waals surface area contributed by atoms with Crippen molar-refractivity contribution < 1.29 is 23.5 Å². The molecule has 10 nitrogen and oxygen atoms in total. The van der Waals surface area contributed by atoms with Crippen molar-refractivity contribution in [3.63, 3.8) is 0 Å². The van der Waals surface area contributed by atoms with Gasteiger partial charge in [-0.15, -0.1) is 0 Å². The van der Waals surface area contributed by atoms with Gasteiger partial charge in [0.15, 0.2) is 5.58 Å². The number of hydrogen-bond acceptors (Lipinski definition) is 7. The molecule has 2 aliphatic heterocycles. The minimum atomic E-state index is -0.769. The topological polar surface area (TPSA) is 114 Å². The summed E-state index contributed by atoms with van der Waals surface area (Å²) in [5, 5.41) is 2.29. The van der Waals surface area contributed by atoms with Gasteiger partial charge < -0.3 is 14.1 Å². The summed E-state index contributed by atoms with van der Waals surface area (Å²) in [6, 6.07) is 4.69. The molecule has 4 rings (SSSR count). The lowest BCUT2D eigenvalue weighted by Crippen LogP contribution is -2.49. The number of aromatic nitrogens is 1. The van der Waals surface area contributed by atoms with Crippen LogP contribution in [-0.4, -0.2) is 64.1 Å². The molecule has 2 saturated heterocycles. The Kier molecular flexibility index (Phi) is 5.81. The van der Waals surface area contributed by atoms with Crippen molar-refractivity contribution in [1.29, 1.82) is 0 Å². The van der Waals surface area contributed by atoms with Crippen LogP contribution >= 0.6 is 0 Å². The zero-order chi connectivity index (χ0) is 23.0. The molecule has 32 heavy (non-hydrogen) atoms. The van der Waals surface area contributed by atoms with Crippen LogP contribution < -0.4 is 11.1 Å². The first-order chi connectivity index (χ1) is 15.1. The van der Waals surface area contributed by atoms with Gasteiger partial charge in [0, 0.05) is 44.7 Å². The Morgan fingerprint density at radius 2 is 1.88 bits per heavy atom. The van der Waals surface area contributed by atoms with E-state index >= 15 is 0 Å². The highest BCUT2D eigenvalue weighted by Crippen LogP contribution is 2.26. The average Bonchev–Trinajstić information content (AvgIpc) is 3.04. The lowest BCUT2D eigenvalue weighted by atomic mass is 10.1. The van der Waals surface area contributed by atoms with Crippen LogP contribution in [0.3, 0.4) is 0 Å². The van der Waals surface area contributed by atoms with Crippen LogP contribution in [0.25, 0.3) is 11.1 Å². The number of piperazine rings is 1. The summed E-state index contributed by atoms with van der Waals surface area (Å²) in [4.78, 5) is 52.5. The molecule has 1 aromatic carbocycles. The molecule has 172 valence electrons. The molecule has 1 atom stereocenters. The Labute approximate surface area is 185 Å². The van der Waals surface area contributed by atoms with E-state index in [1.165, 1.54) is 4.57 Å². The van der Waals surface area contributed by atoms with Crippen LogP contribution in [0.2, 0.25) is 0 Å². The number of carbonyl (C=O) groups is 3. The van der Waals surface area contributed by atoms with Gasteiger partial charge in [-0.2, -0.15) is 0 Å². The second kappa shape index (κ2) is 8.42. The number of rotatable bonds is 3. The molecule has 1 unspecified atom stereocenters. The van der Waals surface area contributed by atoms with Gasteiger partial charge in [0.2, 0.25) is 11.8 Å². The third-order valence-electron chi connectivity index (χ3n) is 5.66. The molecule has 0 bridgehead atoms. The third kappa shape index (κ3) is 4.55. The standard InChI is InChI=1S/C22H28N4O6/c1-22(2,3)32-20(29)25-11-9-24(10-12-25)13-14-5-4-6-15-18(14)31-21(30)26(15)16-7-8-17(27)23-19(16)28/h4-6,16H,7-13H2,1-3H3,(H,23,27,28). The highest BCUT2D eigenvalue weighted by molar-refractivity contribution is 6.00. The number of para-hydroxylation sites is 1. The number of nitrogens with zero attached hydrogens (tertiary/aromatic N) is 3. The van der Waals surface area contributed by atoms with E-state index < -0.39 is 23.3 Å². The summed E-state index contributed by atoms with van der Waals surface area (Å²) in [6.07, 6.45) is 0.124. The number of hydrogen-bond donors (Lipinski definition) is 1. The Morgan fingerprint density at radius 3 is 2.53 bits per heavy atom. The van der Waals surface area contributed by atoms with Gasteiger partial charge in [-0.25, -0.2) is 9.59 Å². The Bertz CT molecular complexity index is 1100. The van der Waals surface area contributed by atoms with Crippen molar-refractivity contribution in [2.24, 2.45) is 0 Å². The van der Waals surface area contributed by atoms with E-state index in [-0.39, 0.29) is 24.8 Å². The van der Waals surface area contributed by atoms with Crippen molar-refractivity contribution in [3.05, 3.63) is 34.3 Å². The predicted molar refractivity (Wildman–Crippen MR) is 115 cm³/mol. The summed E-state index contributed by atoms with van der Waals surface area (Å²) in [6.45, 7) is 8.49. The van der Waals surface area contributed by atoms with E-state index in [0.717, 1.165) is 5.56 Å². The van der Waals surface area contributed by atoms with Crippen molar-refractivity contribution >= 4 is 29.0 Å². The fourth-order valence-corrected chi connectivity index (χ4v) is 4.12. The number of imide groups is 1. The molecule has 3 heterocycles. The molecular formula is C22H28N4O6. The smallest absolute Gasteiger partial charge is 0.420 e. The minimum absolute atomic E-state index is 0.178. The minimum Gasteiger partial charge on any atom is -0.444 e. The van der Waals surface area contributed by atoms with Crippen LogP contribution in [0.15, 0.2) is 27.4 Å². The van der Waals surface area contributed by atoms with E-state index in [0.29, 0.717) is 43.8 Å². The normalized spacial score (nSPS) is 20.5. The van der Waals surface area contributed by atoms with Gasteiger partial charge in [-0.3, -0.25) is 24.4 Å². The first-order valence-corrected chi connectivity index (χ1v) is 10.8. The Morgan fingerprint density at radius 1 is 1.16 bits per heavy atom. The maximum atomic E-state index is 12.6. The molecule has 0 radical (unpaired) electrons. The maximum absolute atomic E-state index is 12.6.